The molecule has 2 atom stereocenters. The van der Waals surface area contributed by atoms with Gasteiger partial charge in [-0.05, 0) is 29.7 Å². The van der Waals surface area contributed by atoms with Crippen LogP contribution in [0.5, 0.6) is 5.75 Å². The van der Waals surface area contributed by atoms with Crippen LogP contribution in [0.2, 0.25) is 0 Å². The smallest absolute Gasteiger partial charge is 0.157 e. The molecule has 0 aliphatic carbocycles. The lowest BCUT2D eigenvalue weighted by molar-refractivity contribution is 0.413. The van der Waals surface area contributed by atoms with Crippen molar-refractivity contribution in [2.24, 2.45) is 0 Å². The number of nitrogens with one attached hydrogen (secondary N) is 3. The average molecular weight is 349 g/mol. The molecule has 26 heavy (non-hydrogen) atoms. The van der Waals surface area contributed by atoms with E-state index in [-0.39, 0.29) is 12.0 Å². The van der Waals surface area contributed by atoms with Gasteiger partial charge in [0.15, 0.2) is 5.82 Å². The molecule has 2 unspecified atom stereocenters. The minimum absolute atomic E-state index is 0.114. The van der Waals surface area contributed by atoms with E-state index in [1.165, 1.54) is 5.56 Å². The molecule has 2 heterocycles. The molecular formula is C20H23N5O. The second kappa shape index (κ2) is 7.68. The summed E-state index contributed by atoms with van der Waals surface area (Å²) in [6.45, 7) is 0.790. The Morgan fingerprint density at radius 1 is 1.08 bits per heavy atom. The molecular weight excluding hydrogens is 326 g/mol. The van der Waals surface area contributed by atoms with Gasteiger partial charge in [-0.1, -0.05) is 42.5 Å². The molecule has 4 rings (SSSR count). The molecule has 0 bridgehead atoms. The van der Waals surface area contributed by atoms with Crippen LogP contribution >= 0.6 is 0 Å². The zero-order valence-corrected chi connectivity index (χ0v) is 14.8. The Balaban J connectivity index is 1.47. The molecule has 1 fully saturated rings. The van der Waals surface area contributed by atoms with E-state index in [1.807, 2.05) is 18.2 Å². The number of nitrogens with zero attached hydrogens (tertiary/aromatic N) is 2. The van der Waals surface area contributed by atoms with E-state index in [0.717, 1.165) is 42.3 Å². The van der Waals surface area contributed by atoms with Gasteiger partial charge in [0.2, 0.25) is 0 Å². The summed E-state index contributed by atoms with van der Waals surface area (Å²) in [7, 11) is 1.69. The first-order valence-electron chi connectivity index (χ1n) is 8.91. The van der Waals surface area contributed by atoms with Crippen molar-refractivity contribution in [1.82, 2.24) is 26.0 Å². The number of ether oxygens (including phenoxy) is 1. The van der Waals surface area contributed by atoms with Gasteiger partial charge in [-0.3, -0.25) is 10.5 Å². The van der Waals surface area contributed by atoms with Gasteiger partial charge in [-0.25, -0.2) is 10.4 Å². The van der Waals surface area contributed by atoms with E-state index in [1.54, 1.807) is 7.11 Å². The number of benzene rings is 2. The summed E-state index contributed by atoms with van der Waals surface area (Å²) in [4.78, 5) is 4.75. The third kappa shape index (κ3) is 3.61. The predicted octanol–water partition coefficient (Wildman–Crippen LogP) is 2.53. The van der Waals surface area contributed by atoms with Crippen LogP contribution < -0.4 is 15.6 Å². The Morgan fingerprint density at radius 3 is 2.81 bits per heavy atom. The van der Waals surface area contributed by atoms with Crippen LogP contribution in [0.15, 0.2) is 54.6 Å². The molecule has 3 aromatic rings. The van der Waals surface area contributed by atoms with Gasteiger partial charge in [0.25, 0.3) is 0 Å². The third-order valence-electron chi connectivity index (χ3n) is 4.81. The first-order chi connectivity index (χ1) is 12.8. The number of hydrogen-bond donors (Lipinski definition) is 3. The van der Waals surface area contributed by atoms with Gasteiger partial charge in [0.05, 0.1) is 19.1 Å². The summed E-state index contributed by atoms with van der Waals surface area (Å²) >= 11 is 0. The number of H-pyrrole nitrogens is 1. The standard InChI is InChI=1S/C20H23N5O/c1-26-16-9-5-8-15(12-16)19-17(13-21-24-19)20-22-18(23-25-20)11-10-14-6-3-2-4-7-14/h2-9,12,17,19,21,24H,10-11,13H2,1H3,(H,22,23,25). The highest BCUT2D eigenvalue weighted by molar-refractivity contribution is 5.33. The lowest BCUT2D eigenvalue weighted by atomic mass is 9.94. The number of aromatic nitrogens is 3. The van der Waals surface area contributed by atoms with Crippen molar-refractivity contribution in [3.05, 3.63) is 77.4 Å². The summed E-state index contributed by atoms with van der Waals surface area (Å²) in [6, 6.07) is 18.7. The Morgan fingerprint density at radius 2 is 1.96 bits per heavy atom. The fourth-order valence-electron chi connectivity index (χ4n) is 3.38. The molecule has 0 radical (unpaired) electrons. The van der Waals surface area contributed by atoms with Crippen LogP contribution in [0, 0.1) is 0 Å². The number of methoxy groups -OCH3 is 1. The first-order valence-corrected chi connectivity index (χ1v) is 8.91. The van der Waals surface area contributed by atoms with Crippen molar-refractivity contribution in [1.29, 1.82) is 0 Å². The van der Waals surface area contributed by atoms with Crippen molar-refractivity contribution in [3.8, 4) is 5.75 Å². The van der Waals surface area contributed by atoms with Crippen LogP contribution in [0.4, 0.5) is 0 Å². The molecule has 6 nitrogen and oxygen atoms in total. The predicted molar refractivity (Wildman–Crippen MR) is 99.8 cm³/mol. The molecule has 0 saturated carbocycles. The second-order valence-electron chi connectivity index (χ2n) is 6.51. The second-order valence-corrected chi connectivity index (χ2v) is 6.51. The maximum Gasteiger partial charge on any atom is 0.157 e. The van der Waals surface area contributed by atoms with Gasteiger partial charge in [-0.2, -0.15) is 5.10 Å². The Hall–Kier alpha value is -2.70. The molecule has 1 aliphatic rings. The van der Waals surface area contributed by atoms with Gasteiger partial charge < -0.3 is 4.74 Å². The molecule has 1 aliphatic heterocycles. The Labute approximate surface area is 153 Å². The number of hydrazine groups is 1. The quantitative estimate of drug-likeness (QED) is 0.638. The zero-order chi connectivity index (χ0) is 17.8. The van der Waals surface area contributed by atoms with Gasteiger partial charge in [0.1, 0.15) is 11.6 Å². The third-order valence-corrected chi connectivity index (χ3v) is 4.81. The maximum absolute atomic E-state index is 5.35. The monoisotopic (exact) mass is 349 g/mol. The van der Waals surface area contributed by atoms with Crippen LogP contribution in [0.1, 0.15) is 34.7 Å². The molecule has 3 N–H and O–H groups in total. The zero-order valence-electron chi connectivity index (χ0n) is 14.8. The maximum atomic E-state index is 5.35. The molecule has 1 aromatic heterocycles. The summed E-state index contributed by atoms with van der Waals surface area (Å²) in [5.41, 5.74) is 9.05. The average Bonchev–Trinajstić information content (AvgIpc) is 3.36. The number of rotatable bonds is 6. The minimum Gasteiger partial charge on any atom is -0.497 e. The summed E-state index contributed by atoms with van der Waals surface area (Å²) < 4.78 is 5.35. The molecule has 2 aromatic carbocycles. The van der Waals surface area contributed by atoms with Crippen molar-refractivity contribution in [2.75, 3.05) is 13.7 Å². The van der Waals surface area contributed by atoms with E-state index < -0.39 is 0 Å². The van der Waals surface area contributed by atoms with Crippen LogP contribution in [0.25, 0.3) is 0 Å². The van der Waals surface area contributed by atoms with Crippen molar-refractivity contribution < 1.29 is 4.74 Å². The summed E-state index contributed by atoms with van der Waals surface area (Å²) in [6.07, 6.45) is 1.81. The van der Waals surface area contributed by atoms with Crippen LogP contribution in [-0.4, -0.2) is 28.8 Å². The minimum atomic E-state index is 0.114. The highest BCUT2D eigenvalue weighted by atomic mass is 16.5. The van der Waals surface area contributed by atoms with Crippen molar-refractivity contribution in [3.63, 3.8) is 0 Å². The Kier molecular flexibility index (Phi) is 4.95. The lowest BCUT2D eigenvalue weighted by Crippen LogP contribution is -2.24. The molecule has 1 saturated heterocycles. The van der Waals surface area contributed by atoms with Gasteiger partial charge in [-0.15, -0.1) is 0 Å². The SMILES string of the molecule is COc1cccc(C2NNCC2c2n[nH]c(CCc3ccccc3)n2)c1. The van der Waals surface area contributed by atoms with Gasteiger partial charge in [0, 0.05) is 13.0 Å². The fraction of sp³-hybridized carbons (Fsp3) is 0.300. The summed E-state index contributed by atoms with van der Waals surface area (Å²) in [5.74, 6) is 2.80. The van der Waals surface area contributed by atoms with Crippen LogP contribution in [-0.2, 0) is 12.8 Å². The normalized spacial score (nSPS) is 19.6. The first kappa shape index (κ1) is 16.8. The lowest BCUT2D eigenvalue weighted by Gasteiger charge is -2.16. The fourth-order valence-corrected chi connectivity index (χ4v) is 3.38. The van der Waals surface area contributed by atoms with Crippen LogP contribution in [0.3, 0.4) is 0 Å². The highest BCUT2D eigenvalue weighted by Gasteiger charge is 2.32. The molecule has 0 amide bonds. The van der Waals surface area contributed by atoms with Gasteiger partial charge >= 0.3 is 0 Å². The Bertz CT molecular complexity index is 848. The van der Waals surface area contributed by atoms with E-state index in [2.05, 4.69) is 57.4 Å². The van der Waals surface area contributed by atoms with Crippen molar-refractivity contribution >= 4 is 0 Å². The van der Waals surface area contributed by atoms with E-state index in [9.17, 15) is 0 Å². The number of hydrogen-bond acceptors (Lipinski definition) is 5. The van der Waals surface area contributed by atoms with E-state index >= 15 is 0 Å². The molecule has 6 heteroatoms. The summed E-state index contributed by atoms with van der Waals surface area (Å²) in [5, 5.41) is 7.59. The van der Waals surface area contributed by atoms with Crippen molar-refractivity contribution in [2.45, 2.75) is 24.8 Å². The van der Waals surface area contributed by atoms with E-state index in [4.69, 9.17) is 9.72 Å². The number of aromatic amines is 1. The number of aryl methyl sites for hydroxylation is 2. The topological polar surface area (TPSA) is 74.9 Å². The largest absolute Gasteiger partial charge is 0.497 e. The molecule has 134 valence electrons. The van der Waals surface area contributed by atoms with E-state index in [0.29, 0.717) is 0 Å². The highest BCUT2D eigenvalue weighted by Crippen LogP contribution is 2.32. The molecule has 0 spiro atoms.